The van der Waals surface area contributed by atoms with Crippen LogP contribution >= 0.6 is 0 Å². The van der Waals surface area contributed by atoms with E-state index in [4.69, 9.17) is 4.74 Å². The van der Waals surface area contributed by atoms with Crippen LogP contribution < -0.4 is 4.74 Å². The van der Waals surface area contributed by atoms with Gasteiger partial charge in [-0.15, -0.1) is 0 Å². The van der Waals surface area contributed by atoms with E-state index >= 15 is 0 Å². The predicted molar refractivity (Wildman–Crippen MR) is 56.2 cm³/mol. The monoisotopic (exact) mass is 240 g/mol. The lowest BCUT2D eigenvalue weighted by Gasteiger charge is -2.26. The molecule has 1 aliphatic rings. The van der Waals surface area contributed by atoms with Crippen LogP contribution in [0.15, 0.2) is 6.07 Å². The number of aromatic hydroxyl groups is 2. The lowest BCUT2D eigenvalue weighted by atomic mass is 9.85. The number of carbonyl (C=O) groups is 1. The molecule has 0 bridgehead atoms. The molecule has 0 amide bonds. The Morgan fingerprint density at radius 1 is 1.35 bits per heavy atom. The third-order valence-corrected chi connectivity index (χ3v) is 2.83. The maximum atomic E-state index is 11.7. The van der Waals surface area contributed by atoms with Crippen LogP contribution in [0.1, 0.15) is 28.4 Å². The van der Waals surface area contributed by atoms with Crippen molar-refractivity contribution in [1.29, 1.82) is 0 Å². The van der Waals surface area contributed by atoms with Gasteiger partial charge in [0, 0.05) is 12.0 Å². The van der Waals surface area contributed by atoms with Gasteiger partial charge in [0.2, 0.25) is 5.75 Å². The number of carbonyl (C=O) groups excluding carboxylic acids is 1. The molecule has 2 atom stereocenters. The number of ether oxygens (including phenoxy) is 1. The first kappa shape index (κ1) is 11.7. The molecule has 2 unspecified atom stereocenters. The summed E-state index contributed by atoms with van der Waals surface area (Å²) in [5, 5.41) is 38.5. The lowest BCUT2D eigenvalue weighted by molar-refractivity contribution is 0.00825. The Bertz CT molecular complexity index is 481. The number of hydrogen-bond acceptors (Lipinski definition) is 6. The number of phenolic OH excluding ortho intramolecular Hbond substituents is 2. The highest BCUT2D eigenvalue weighted by Crippen LogP contribution is 2.45. The highest BCUT2D eigenvalue weighted by Gasteiger charge is 2.36. The van der Waals surface area contributed by atoms with E-state index in [1.165, 1.54) is 7.11 Å². The Balaban J connectivity index is 2.70. The average molecular weight is 240 g/mol. The second kappa shape index (κ2) is 3.90. The van der Waals surface area contributed by atoms with E-state index < -0.39 is 29.5 Å². The molecule has 6 nitrogen and oxygen atoms in total. The molecule has 0 radical (unpaired) electrons. The summed E-state index contributed by atoms with van der Waals surface area (Å²) in [4.78, 5) is 11.7. The quantitative estimate of drug-likeness (QED) is 0.554. The largest absolute Gasteiger partial charge is 0.504 e. The van der Waals surface area contributed by atoms with Crippen LogP contribution in [0.2, 0.25) is 0 Å². The minimum absolute atomic E-state index is 0.00421. The SMILES string of the molecule is COc1c(O)cc2c(c1O)C(=O)CC(O)C2O. The smallest absolute Gasteiger partial charge is 0.203 e. The Hall–Kier alpha value is -1.79. The third kappa shape index (κ3) is 1.62. The molecule has 2 rings (SSSR count). The molecule has 0 heterocycles. The van der Waals surface area contributed by atoms with Crippen molar-refractivity contribution in [3.8, 4) is 17.2 Å². The number of phenols is 2. The number of hydrogen-bond donors (Lipinski definition) is 4. The van der Waals surface area contributed by atoms with Gasteiger partial charge in [-0.1, -0.05) is 0 Å². The number of fused-ring (bicyclic) bond motifs is 1. The minimum atomic E-state index is -1.31. The van der Waals surface area contributed by atoms with Gasteiger partial charge in [-0.25, -0.2) is 0 Å². The molecule has 0 saturated heterocycles. The average Bonchev–Trinajstić information content (AvgIpc) is 2.25. The van der Waals surface area contributed by atoms with Gasteiger partial charge in [-0.05, 0) is 6.07 Å². The zero-order valence-electron chi connectivity index (χ0n) is 9.04. The van der Waals surface area contributed by atoms with E-state index in [9.17, 15) is 25.2 Å². The predicted octanol–water partition coefficient (Wildman–Crippen LogP) is 0.0871. The fraction of sp³-hybridized carbons (Fsp3) is 0.364. The zero-order valence-corrected chi connectivity index (χ0v) is 9.04. The van der Waals surface area contributed by atoms with Gasteiger partial charge in [-0.2, -0.15) is 0 Å². The van der Waals surface area contributed by atoms with Crippen LogP contribution in [-0.2, 0) is 0 Å². The number of ketones is 1. The molecule has 1 aromatic carbocycles. The summed E-state index contributed by atoms with van der Waals surface area (Å²) >= 11 is 0. The first-order valence-corrected chi connectivity index (χ1v) is 4.99. The van der Waals surface area contributed by atoms with E-state index in [-0.39, 0.29) is 23.3 Å². The molecule has 17 heavy (non-hydrogen) atoms. The highest BCUT2D eigenvalue weighted by atomic mass is 16.5. The van der Waals surface area contributed by atoms with Crippen molar-refractivity contribution in [3.05, 3.63) is 17.2 Å². The molecule has 4 N–H and O–H groups in total. The summed E-state index contributed by atoms with van der Waals surface area (Å²) in [7, 11) is 1.24. The summed E-state index contributed by atoms with van der Waals surface area (Å²) in [5.74, 6) is -1.64. The minimum Gasteiger partial charge on any atom is -0.504 e. The summed E-state index contributed by atoms with van der Waals surface area (Å²) in [6.45, 7) is 0. The third-order valence-electron chi connectivity index (χ3n) is 2.83. The maximum Gasteiger partial charge on any atom is 0.203 e. The summed E-state index contributed by atoms with van der Waals surface area (Å²) in [5.41, 5.74) is -0.109. The zero-order chi connectivity index (χ0) is 12.7. The Labute approximate surface area is 96.7 Å². The molecule has 6 heteroatoms. The van der Waals surface area contributed by atoms with E-state index in [1.54, 1.807) is 0 Å². The van der Waals surface area contributed by atoms with Gasteiger partial charge in [0.05, 0.1) is 18.8 Å². The molecule has 1 aromatic rings. The van der Waals surface area contributed by atoms with Gasteiger partial charge in [0.15, 0.2) is 17.3 Å². The van der Waals surface area contributed by atoms with Crippen LogP contribution in [0.4, 0.5) is 0 Å². The Morgan fingerprint density at radius 2 is 2.00 bits per heavy atom. The van der Waals surface area contributed by atoms with Crippen LogP contribution in [0.3, 0.4) is 0 Å². The van der Waals surface area contributed by atoms with Gasteiger partial charge in [0.1, 0.15) is 6.10 Å². The van der Waals surface area contributed by atoms with E-state index in [0.29, 0.717) is 0 Å². The fourth-order valence-corrected chi connectivity index (χ4v) is 2.00. The summed E-state index contributed by atoms with van der Waals surface area (Å²) < 4.78 is 4.76. The molecule has 0 aromatic heterocycles. The fourth-order valence-electron chi connectivity index (χ4n) is 2.00. The van der Waals surface area contributed by atoms with Crippen molar-refractivity contribution in [1.82, 2.24) is 0 Å². The van der Waals surface area contributed by atoms with Crippen LogP contribution in [0.5, 0.6) is 17.2 Å². The Morgan fingerprint density at radius 3 is 2.59 bits per heavy atom. The second-order valence-corrected chi connectivity index (χ2v) is 3.88. The van der Waals surface area contributed by atoms with E-state index in [1.807, 2.05) is 0 Å². The van der Waals surface area contributed by atoms with Crippen molar-refractivity contribution in [2.75, 3.05) is 7.11 Å². The first-order chi connectivity index (χ1) is 7.97. The number of aliphatic hydroxyl groups excluding tert-OH is 2. The molecule has 0 fully saturated rings. The van der Waals surface area contributed by atoms with Crippen molar-refractivity contribution in [2.24, 2.45) is 0 Å². The highest BCUT2D eigenvalue weighted by molar-refractivity contribution is 6.02. The summed E-state index contributed by atoms with van der Waals surface area (Å²) in [6.07, 6.45) is -2.83. The molecule has 0 saturated carbocycles. The molecular formula is C11H12O6. The Kier molecular flexibility index (Phi) is 2.68. The first-order valence-electron chi connectivity index (χ1n) is 4.99. The maximum absolute atomic E-state index is 11.7. The standard InChI is InChI=1S/C11H12O6/c1-17-11-7(14)2-4-8(10(11)16)5(12)3-6(13)9(4)15/h2,6,9,13-16H,3H2,1H3. The van der Waals surface area contributed by atoms with Gasteiger partial charge in [-0.3, -0.25) is 4.79 Å². The topological polar surface area (TPSA) is 107 Å². The normalized spacial score (nSPS) is 23.4. The van der Waals surface area contributed by atoms with Crippen LogP contribution in [0, 0.1) is 0 Å². The van der Waals surface area contributed by atoms with Gasteiger partial charge in [0.25, 0.3) is 0 Å². The number of methoxy groups -OCH3 is 1. The van der Waals surface area contributed by atoms with Crippen LogP contribution in [-0.4, -0.2) is 39.4 Å². The molecular weight excluding hydrogens is 228 g/mol. The molecule has 0 aliphatic heterocycles. The molecule has 1 aliphatic carbocycles. The van der Waals surface area contributed by atoms with Crippen molar-refractivity contribution < 1.29 is 30.0 Å². The van der Waals surface area contributed by atoms with E-state index in [2.05, 4.69) is 0 Å². The van der Waals surface area contributed by atoms with Crippen molar-refractivity contribution in [2.45, 2.75) is 18.6 Å². The second-order valence-electron chi connectivity index (χ2n) is 3.88. The van der Waals surface area contributed by atoms with Gasteiger partial charge >= 0.3 is 0 Å². The molecule has 0 spiro atoms. The van der Waals surface area contributed by atoms with Crippen molar-refractivity contribution in [3.63, 3.8) is 0 Å². The van der Waals surface area contributed by atoms with Crippen molar-refractivity contribution >= 4 is 5.78 Å². The van der Waals surface area contributed by atoms with E-state index in [0.717, 1.165) is 6.07 Å². The number of Topliss-reactive ketones (excluding diaryl/α,β-unsaturated/α-hetero) is 1. The van der Waals surface area contributed by atoms with Gasteiger partial charge < -0.3 is 25.2 Å². The number of rotatable bonds is 1. The number of benzene rings is 1. The summed E-state index contributed by atoms with van der Waals surface area (Å²) in [6, 6.07) is 1.11. The lowest BCUT2D eigenvalue weighted by Crippen LogP contribution is -2.29. The van der Waals surface area contributed by atoms with Crippen LogP contribution in [0.25, 0.3) is 0 Å². The molecule has 92 valence electrons. The number of aliphatic hydroxyl groups is 2.